The molecule has 2 rings (SSSR count). The second-order valence-corrected chi connectivity index (χ2v) is 5.00. The fourth-order valence-electron chi connectivity index (χ4n) is 1.71. The molecule has 5 heteroatoms. The average molecular weight is 223 g/mol. The Labute approximate surface area is 94.6 Å². The molecule has 5 nitrogen and oxygen atoms in total. The van der Waals surface area contributed by atoms with Gasteiger partial charge < -0.3 is 9.72 Å². The van der Waals surface area contributed by atoms with Crippen LogP contribution in [0.2, 0.25) is 0 Å². The third-order valence-electron chi connectivity index (χ3n) is 2.42. The zero-order chi connectivity index (χ0) is 11.8. The number of aromatic nitrogens is 2. The van der Waals surface area contributed by atoms with Gasteiger partial charge in [-0.1, -0.05) is 0 Å². The van der Waals surface area contributed by atoms with E-state index in [0.717, 1.165) is 11.4 Å². The molecular weight excluding hydrogens is 206 g/mol. The van der Waals surface area contributed by atoms with Gasteiger partial charge in [0.2, 0.25) is 0 Å². The second-order valence-electron chi connectivity index (χ2n) is 5.00. The van der Waals surface area contributed by atoms with Gasteiger partial charge in [-0.05, 0) is 20.8 Å². The Bertz CT molecular complexity index is 392. The lowest BCUT2D eigenvalue weighted by Crippen LogP contribution is -2.45. The van der Waals surface area contributed by atoms with Crippen molar-refractivity contribution in [3.05, 3.63) is 17.7 Å². The highest BCUT2D eigenvalue weighted by atomic mass is 16.6. The van der Waals surface area contributed by atoms with E-state index in [0.29, 0.717) is 13.0 Å². The van der Waals surface area contributed by atoms with Crippen molar-refractivity contribution < 1.29 is 9.53 Å². The van der Waals surface area contributed by atoms with Crippen LogP contribution >= 0.6 is 0 Å². The number of aromatic amines is 1. The number of hydrogen-bond donors (Lipinski definition) is 2. The first kappa shape index (κ1) is 11.1. The molecule has 0 aromatic carbocycles. The molecule has 2 N–H and O–H groups in total. The Morgan fingerprint density at radius 1 is 1.56 bits per heavy atom. The van der Waals surface area contributed by atoms with E-state index in [2.05, 4.69) is 15.3 Å². The third-order valence-corrected chi connectivity index (χ3v) is 2.42. The summed E-state index contributed by atoms with van der Waals surface area (Å²) in [6.07, 6.45) is 2.25. The van der Waals surface area contributed by atoms with E-state index in [1.807, 2.05) is 20.8 Å². The summed E-state index contributed by atoms with van der Waals surface area (Å²) in [5.41, 5.74) is 1.57. The molecule has 1 aromatic heterocycles. The Morgan fingerprint density at radius 3 is 3.00 bits per heavy atom. The summed E-state index contributed by atoms with van der Waals surface area (Å²) in [5, 5.41) is 3.14. The molecule has 0 amide bonds. The van der Waals surface area contributed by atoms with Gasteiger partial charge in [-0.15, -0.1) is 0 Å². The molecule has 1 atom stereocenters. The highest BCUT2D eigenvalue weighted by Crippen LogP contribution is 2.15. The smallest absolute Gasteiger partial charge is 0.324 e. The van der Waals surface area contributed by atoms with Crippen molar-refractivity contribution >= 4 is 5.97 Å². The van der Waals surface area contributed by atoms with Crippen LogP contribution in [0.4, 0.5) is 0 Å². The molecule has 0 saturated heterocycles. The van der Waals surface area contributed by atoms with Gasteiger partial charge in [-0.3, -0.25) is 10.1 Å². The molecule has 0 bridgehead atoms. The highest BCUT2D eigenvalue weighted by molar-refractivity contribution is 5.76. The van der Waals surface area contributed by atoms with Gasteiger partial charge in [0, 0.05) is 13.0 Å². The van der Waals surface area contributed by atoms with E-state index < -0.39 is 5.60 Å². The lowest BCUT2D eigenvalue weighted by atomic mass is 10.1. The van der Waals surface area contributed by atoms with Crippen LogP contribution in [-0.2, 0) is 22.5 Å². The molecule has 1 aliphatic rings. The van der Waals surface area contributed by atoms with Crippen LogP contribution in [0.5, 0.6) is 0 Å². The number of carbonyl (C=O) groups is 1. The molecule has 2 heterocycles. The molecule has 0 fully saturated rings. The Balaban J connectivity index is 2.01. The van der Waals surface area contributed by atoms with Crippen LogP contribution in [0.1, 0.15) is 32.2 Å². The van der Waals surface area contributed by atoms with Crippen molar-refractivity contribution in [2.45, 2.75) is 45.4 Å². The van der Waals surface area contributed by atoms with E-state index in [1.54, 1.807) is 6.33 Å². The zero-order valence-electron chi connectivity index (χ0n) is 9.83. The third kappa shape index (κ3) is 2.41. The molecular formula is C11H17N3O2. The van der Waals surface area contributed by atoms with Crippen LogP contribution in [0.3, 0.4) is 0 Å². The van der Waals surface area contributed by atoms with E-state index in [4.69, 9.17) is 4.74 Å². The summed E-state index contributed by atoms with van der Waals surface area (Å²) in [7, 11) is 0. The van der Waals surface area contributed by atoms with Crippen molar-refractivity contribution in [3.63, 3.8) is 0 Å². The summed E-state index contributed by atoms with van der Waals surface area (Å²) in [6.45, 7) is 6.24. The standard InChI is InChI=1S/C11H17N3O2/c1-11(2,3)16-10(15)8-4-7-9(5-12-8)14-6-13-7/h6,8,12H,4-5H2,1-3H3,(H,13,14). The van der Waals surface area contributed by atoms with Gasteiger partial charge >= 0.3 is 5.97 Å². The lowest BCUT2D eigenvalue weighted by Gasteiger charge is -2.26. The molecule has 1 aromatic rings. The number of nitrogens with zero attached hydrogens (tertiary/aromatic N) is 1. The summed E-state index contributed by atoms with van der Waals surface area (Å²) in [4.78, 5) is 19.0. The Kier molecular flexibility index (Phi) is 2.71. The van der Waals surface area contributed by atoms with Crippen molar-refractivity contribution in [2.75, 3.05) is 0 Å². The van der Waals surface area contributed by atoms with Crippen LogP contribution in [0.15, 0.2) is 6.33 Å². The Morgan fingerprint density at radius 2 is 2.31 bits per heavy atom. The van der Waals surface area contributed by atoms with Gasteiger partial charge in [0.05, 0.1) is 17.7 Å². The summed E-state index contributed by atoms with van der Waals surface area (Å²) < 4.78 is 5.33. The molecule has 16 heavy (non-hydrogen) atoms. The fraction of sp³-hybridized carbons (Fsp3) is 0.636. The van der Waals surface area contributed by atoms with E-state index in [-0.39, 0.29) is 12.0 Å². The predicted octanol–water partition coefficient (Wildman–Crippen LogP) is 0.766. The number of nitrogens with one attached hydrogen (secondary N) is 2. The van der Waals surface area contributed by atoms with Crippen molar-refractivity contribution in [3.8, 4) is 0 Å². The van der Waals surface area contributed by atoms with Gasteiger partial charge in [0.15, 0.2) is 0 Å². The van der Waals surface area contributed by atoms with Gasteiger partial charge in [0.1, 0.15) is 11.6 Å². The maximum Gasteiger partial charge on any atom is 0.324 e. The molecule has 88 valence electrons. The van der Waals surface area contributed by atoms with Crippen molar-refractivity contribution in [2.24, 2.45) is 0 Å². The minimum atomic E-state index is -0.440. The topological polar surface area (TPSA) is 67.0 Å². The van der Waals surface area contributed by atoms with Crippen LogP contribution in [-0.4, -0.2) is 27.6 Å². The predicted molar refractivity (Wildman–Crippen MR) is 58.8 cm³/mol. The second kappa shape index (κ2) is 3.90. The quantitative estimate of drug-likeness (QED) is 0.690. The maximum absolute atomic E-state index is 11.8. The number of ether oxygens (including phenoxy) is 1. The number of rotatable bonds is 1. The monoisotopic (exact) mass is 223 g/mol. The maximum atomic E-state index is 11.8. The number of esters is 1. The first-order valence-electron chi connectivity index (χ1n) is 5.43. The number of imidazole rings is 1. The SMILES string of the molecule is CC(C)(C)OC(=O)C1Cc2nc[nH]c2CN1. The minimum absolute atomic E-state index is 0.207. The van der Waals surface area contributed by atoms with E-state index >= 15 is 0 Å². The van der Waals surface area contributed by atoms with E-state index in [9.17, 15) is 4.79 Å². The first-order valence-corrected chi connectivity index (χ1v) is 5.43. The number of carbonyl (C=O) groups excluding carboxylic acids is 1. The molecule has 1 aliphatic heterocycles. The lowest BCUT2D eigenvalue weighted by molar-refractivity contribution is -0.157. The Hall–Kier alpha value is -1.36. The van der Waals surface area contributed by atoms with Crippen molar-refractivity contribution in [1.82, 2.24) is 15.3 Å². The summed E-state index contributed by atoms with van der Waals surface area (Å²) >= 11 is 0. The fourth-order valence-corrected chi connectivity index (χ4v) is 1.71. The molecule has 0 aliphatic carbocycles. The summed E-state index contributed by atoms with van der Waals surface area (Å²) in [5.74, 6) is -0.207. The van der Waals surface area contributed by atoms with Crippen LogP contribution in [0, 0.1) is 0 Å². The largest absolute Gasteiger partial charge is 0.459 e. The highest BCUT2D eigenvalue weighted by Gasteiger charge is 2.29. The van der Waals surface area contributed by atoms with Crippen LogP contribution < -0.4 is 5.32 Å². The van der Waals surface area contributed by atoms with Crippen LogP contribution in [0.25, 0.3) is 0 Å². The van der Waals surface area contributed by atoms with Gasteiger partial charge in [-0.2, -0.15) is 0 Å². The van der Waals surface area contributed by atoms with E-state index in [1.165, 1.54) is 0 Å². The van der Waals surface area contributed by atoms with Gasteiger partial charge in [-0.25, -0.2) is 4.98 Å². The van der Waals surface area contributed by atoms with Crippen molar-refractivity contribution in [1.29, 1.82) is 0 Å². The molecule has 0 spiro atoms. The molecule has 1 unspecified atom stereocenters. The number of fused-ring (bicyclic) bond motifs is 1. The summed E-state index contributed by atoms with van der Waals surface area (Å²) in [6, 6.07) is -0.282. The normalized spacial score (nSPS) is 20.3. The zero-order valence-corrected chi connectivity index (χ0v) is 9.83. The first-order chi connectivity index (χ1) is 7.46. The number of H-pyrrole nitrogens is 1. The average Bonchev–Trinajstić information content (AvgIpc) is 2.61. The molecule has 0 radical (unpaired) electrons. The van der Waals surface area contributed by atoms with Gasteiger partial charge in [0.25, 0.3) is 0 Å². The molecule has 0 saturated carbocycles. The number of hydrogen-bond acceptors (Lipinski definition) is 4. The minimum Gasteiger partial charge on any atom is -0.459 e.